The lowest BCUT2D eigenvalue weighted by molar-refractivity contribution is -0.150. The molecule has 0 radical (unpaired) electrons. The molecule has 21 heteroatoms. The molecule has 3 fully saturated rings. The van der Waals surface area contributed by atoms with Gasteiger partial charge in [0.25, 0.3) is 11.8 Å². The van der Waals surface area contributed by atoms with E-state index in [1.165, 1.54) is 46.5 Å². The number of rotatable bonds is 27. The van der Waals surface area contributed by atoms with Gasteiger partial charge in [0.2, 0.25) is 5.91 Å². The standard InChI is InChI=1S/C45H54N2O5.C38H40F7N3O4/c1-3-4-5-9-19-43(48)51-40-26-22-36(23-27-40)14-12-13-35-20-24-38(25-21-35)45(50)46(2)32-33-47-30-28-41(29-31-47)52-44(49)34-39-17-10-11-18-42(39)37-15-7-6-8-16-37;1-3-46(2)33(49)22-51-32-20-25-6-4-5-7-31(25)35(32)12-15-47(16-13-35)17-14-36(27-8-10-30(39)11-9-27)23-48(24-52-36)34(50)26-18-28(37(40,41)42)21-29(19-26)38(43,44)45/h6-8,10-11,15-18,20-27,41H,3-5,9,12-14,19,28-34H2,1-2H3;4-11,18-19,21,32H,3,12-17,20,22-24H2,1-2H3/t;32-,36-/m.0/s1. The normalized spacial score (nSPS) is 17.6. The van der Waals surface area contributed by atoms with Gasteiger partial charge in [0.05, 0.1) is 30.2 Å². The summed E-state index contributed by atoms with van der Waals surface area (Å²) in [6.45, 7) is 8.98. The number of fused-ring (bicyclic) bond motifs is 2. The second kappa shape index (κ2) is 35.8. The minimum absolute atomic E-state index is 0.0147. The number of piperidine rings is 2. The molecule has 3 amide bonds. The number of likely N-dealkylation sites (N-methyl/N-ethyl adjacent to an activating group) is 2. The van der Waals surface area contributed by atoms with Crippen LogP contribution in [0.4, 0.5) is 30.7 Å². The van der Waals surface area contributed by atoms with E-state index in [9.17, 15) is 54.7 Å². The van der Waals surface area contributed by atoms with Crippen molar-refractivity contribution in [1.82, 2.24) is 24.5 Å². The molecule has 1 spiro atoms. The van der Waals surface area contributed by atoms with Gasteiger partial charge >= 0.3 is 24.3 Å². The van der Waals surface area contributed by atoms with Gasteiger partial charge in [-0.25, -0.2) is 4.39 Å². The highest BCUT2D eigenvalue weighted by molar-refractivity contribution is 5.95. The highest BCUT2D eigenvalue weighted by Crippen LogP contribution is 2.49. The summed E-state index contributed by atoms with van der Waals surface area (Å²) in [4.78, 5) is 73.3. The number of hydrogen-bond donors (Lipinski definition) is 0. The molecule has 104 heavy (non-hydrogen) atoms. The van der Waals surface area contributed by atoms with Crippen LogP contribution >= 0.6 is 0 Å². The second-order valence-corrected chi connectivity index (χ2v) is 27.8. The fourth-order valence-corrected chi connectivity index (χ4v) is 14.5. The molecule has 7 aromatic rings. The van der Waals surface area contributed by atoms with Crippen molar-refractivity contribution in [2.75, 3.05) is 86.3 Å². The minimum Gasteiger partial charge on any atom is -0.462 e. The maximum absolute atomic E-state index is 14.0. The number of carbonyl (C=O) groups excluding carboxylic acids is 5. The first kappa shape index (κ1) is 77.8. The zero-order valence-electron chi connectivity index (χ0n) is 59.8. The third-order valence-electron chi connectivity index (χ3n) is 20.8. The lowest BCUT2D eigenvalue weighted by atomic mass is 9.72. The third-order valence-corrected chi connectivity index (χ3v) is 20.8. The zero-order valence-corrected chi connectivity index (χ0v) is 59.8. The fourth-order valence-electron chi connectivity index (χ4n) is 14.5. The first-order chi connectivity index (χ1) is 49.9. The summed E-state index contributed by atoms with van der Waals surface area (Å²) in [7, 11) is 3.60. The Kier molecular flexibility index (Phi) is 26.8. The van der Waals surface area contributed by atoms with Crippen molar-refractivity contribution in [2.24, 2.45) is 0 Å². The van der Waals surface area contributed by atoms with Crippen molar-refractivity contribution in [1.29, 1.82) is 0 Å². The van der Waals surface area contributed by atoms with Crippen LogP contribution in [0.2, 0.25) is 0 Å². The first-order valence-electron chi connectivity index (χ1n) is 36.3. The number of ether oxygens (including phenoxy) is 4. The molecule has 0 aromatic heterocycles. The Labute approximate surface area is 605 Å². The monoisotopic (exact) mass is 1440 g/mol. The molecule has 0 bridgehead atoms. The molecule has 11 rings (SSSR count). The first-order valence-corrected chi connectivity index (χ1v) is 36.3. The summed E-state index contributed by atoms with van der Waals surface area (Å²) in [6.07, 6.45) is 1.42. The van der Waals surface area contributed by atoms with E-state index in [1.54, 1.807) is 16.8 Å². The van der Waals surface area contributed by atoms with Gasteiger partial charge < -0.3 is 43.4 Å². The second-order valence-electron chi connectivity index (χ2n) is 27.8. The molecule has 0 N–H and O–H groups in total. The number of benzene rings is 7. The molecule has 4 aliphatic rings. The average Bonchev–Trinajstić information content (AvgIpc) is 1.57. The number of likely N-dealkylation sites (tertiary alicyclic amines) is 2. The number of nitrogens with zero attached hydrogens (tertiary/aromatic N) is 5. The van der Waals surface area contributed by atoms with Crippen LogP contribution in [0.15, 0.2) is 170 Å². The largest absolute Gasteiger partial charge is 0.462 e. The average molecular weight is 1440 g/mol. The molecule has 554 valence electrons. The van der Waals surface area contributed by atoms with Crippen molar-refractivity contribution < 1.29 is 73.7 Å². The van der Waals surface area contributed by atoms with Crippen molar-refractivity contribution in [3.05, 3.63) is 231 Å². The Balaban J connectivity index is 0.000000223. The molecule has 3 aliphatic heterocycles. The topological polar surface area (TPSA) is 138 Å². The van der Waals surface area contributed by atoms with Crippen molar-refractivity contribution in [2.45, 2.75) is 146 Å². The van der Waals surface area contributed by atoms with Crippen molar-refractivity contribution in [3.63, 3.8) is 0 Å². The molecule has 0 saturated carbocycles. The molecule has 14 nitrogen and oxygen atoms in total. The van der Waals surface area contributed by atoms with Gasteiger partial charge in [0.1, 0.15) is 36.6 Å². The highest BCUT2D eigenvalue weighted by Gasteiger charge is 2.50. The van der Waals surface area contributed by atoms with E-state index >= 15 is 0 Å². The zero-order chi connectivity index (χ0) is 74.0. The summed E-state index contributed by atoms with van der Waals surface area (Å²) in [6, 6.07) is 48.4. The van der Waals surface area contributed by atoms with Gasteiger partial charge in [-0.3, -0.25) is 24.0 Å². The Bertz CT molecular complexity index is 3960. The Morgan fingerprint density at radius 2 is 1.26 bits per heavy atom. The number of amides is 3. The Hall–Kier alpha value is -8.76. The lowest BCUT2D eigenvalue weighted by Crippen LogP contribution is -2.49. The number of aryl methyl sites for hydroxylation is 2. The third kappa shape index (κ3) is 20.6. The van der Waals surface area contributed by atoms with E-state index < -0.39 is 53.1 Å². The van der Waals surface area contributed by atoms with Crippen LogP contribution in [0, 0.1) is 5.82 Å². The van der Waals surface area contributed by atoms with Gasteiger partial charge in [-0.05, 0) is 183 Å². The smallest absolute Gasteiger partial charge is 0.416 e. The number of halogens is 7. The summed E-state index contributed by atoms with van der Waals surface area (Å²) < 4.78 is 119. The molecule has 3 saturated heterocycles. The van der Waals surface area contributed by atoms with Crippen LogP contribution in [-0.2, 0) is 77.6 Å². The Morgan fingerprint density at radius 3 is 1.91 bits per heavy atom. The number of hydrogen-bond acceptors (Lipinski definition) is 11. The maximum atomic E-state index is 14.0. The summed E-state index contributed by atoms with van der Waals surface area (Å²) in [5.74, 6) is -1.36. The van der Waals surface area contributed by atoms with Crippen LogP contribution in [0.25, 0.3) is 11.1 Å². The van der Waals surface area contributed by atoms with E-state index in [0.29, 0.717) is 81.0 Å². The molecular weight excluding hydrogens is 1340 g/mol. The van der Waals surface area contributed by atoms with Gasteiger partial charge in [0, 0.05) is 76.3 Å². The minimum atomic E-state index is -5.11. The number of carbonyl (C=O) groups is 5. The molecule has 2 atom stereocenters. The van der Waals surface area contributed by atoms with Gasteiger partial charge in [-0.2, -0.15) is 26.3 Å². The predicted octanol–water partition coefficient (Wildman–Crippen LogP) is 15.8. The summed E-state index contributed by atoms with van der Waals surface area (Å²) >= 11 is 0. The summed E-state index contributed by atoms with van der Waals surface area (Å²) in [5, 5.41) is 0. The summed E-state index contributed by atoms with van der Waals surface area (Å²) in [5.41, 5.74) is 3.75. The van der Waals surface area contributed by atoms with E-state index in [4.69, 9.17) is 18.9 Å². The maximum Gasteiger partial charge on any atom is 0.416 e. The van der Waals surface area contributed by atoms with Gasteiger partial charge in [-0.15, -0.1) is 0 Å². The van der Waals surface area contributed by atoms with Crippen LogP contribution in [0.3, 0.4) is 0 Å². The van der Waals surface area contributed by atoms with Crippen molar-refractivity contribution in [3.8, 4) is 16.9 Å². The predicted molar refractivity (Wildman–Crippen MR) is 384 cm³/mol. The van der Waals surface area contributed by atoms with Crippen LogP contribution < -0.4 is 4.74 Å². The lowest BCUT2D eigenvalue weighted by Gasteiger charge is -2.44. The molecule has 3 heterocycles. The van der Waals surface area contributed by atoms with Crippen LogP contribution in [-0.4, -0.2) is 153 Å². The quantitative estimate of drug-likeness (QED) is 0.0210. The highest BCUT2D eigenvalue weighted by atomic mass is 19.4. The van der Waals surface area contributed by atoms with Crippen molar-refractivity contribution >= 4 is 29.7 Å². The molecule has 7 aromatic carbocycles. The van der Waals surface area contributed by atoms with Crippen LogP contribution in [0.5, 0.6) is 5.75 Å². The van der Waals surface area contributed by atoms with Crippen LogP contribution in [0.1, 0.15) is 150 Å². The van der Waals surface area contributed by atoms with E-state index in [2.05, 4.69) is 59.2 Å². The van der Waals surface area contributed by atoms with Gasteiger partial charge in [0.15, 0.2) is 0 Å². The van der Waals surface area contributed by atoms with E-state index in [0.717, 1.165) is 112 Å². The van der Waals surface area contributed by atoms with E-state index in [-0.39, 0.29) is 67.0 Å². The Morgan fingerprint density at radius 1 is 0.635 bits per heavy atom. The van der Waals surface area contributed by atoms with E-state index in [1.807, 2.05) is 98.9 Å². The SMILES string of the molecule is CCCCCCC(=O)Oc1ccc(CCCc2ccc(C(=O)N(C)CCN3CCC(OC(=O)Cc4ccccc4-c4ccccc4)CC3)cc2)cc1.CCN(C)C(=O)CO[C@H]1Cc2ccccc2C12CCN(CC[C@@]1(c3ccc(F)cc3)CN(C(=O)c3cc(C(F)(F)F)cc(C(F)(F)F)c3)CO1)CC2. The number of alkyl halides is 6. The molecular formula is C83H94F7N5O9. The number of unbranched alkanes of at least 4 members (excludes halogenated alkanes) is 3. The van der Waals surface area contributed by atoms with Gasteiger partial charge in [-0.1, -0.05) is 141 Å². The molecule has 0 unspecified atom stereocenters. The molecule has 1 aliphatic carbocycles. The fraction of sp³-hybridized carbons (Fsp3) is 0.434. The number of esters is 2.